The Hall–Kier alpha value is -2.70. The number of hydrogen-bond acceptors (Lipinski definition) is 6. The van der Waals surface area contributed by atoms with E-state index in [1.165, 1.54) is 12.8 Å². The van der Waals surface area contributed by atoms with Gasteiger partial charge in [-0.15, -0.1) is 0 Å². The smallest absolute Gasteiger partial charge is 0.239 e. The first kappa shape index (κ1) is 19.6. The molecule has 2 aliphatic carbocycles. The number of hydrogen-bond donors (Lipinski definition) is 1. The van der Waals surface area contributed by atoms with Gasteiger partial charge in [0.25, 0.3) is 0 Å². The Balaban J connectivity index is 1.57. The lowest BCUT2D eigenvalue weighted by Crippen LogP contribution is -2.42. The van der Waals surface area contributed by atoms with Crippen LogP contribution in [0.5, 0.6) is 5.75 Å². The van der Waals surface area contributed by atoms with Crippen LogP contribution in [0.2, 0.25) is 0 Å². The molecule has 2 aromatic rings. The Morgan fingerprint density at radius 2 is 2.14 bits per heavy atom. The maximum absolute atomic E-state index is 12.6. The van der Waals surface area contributed by atoms with Gasteiger partial charge in [-0.1, -0.05) is 13.3 Å². The molecule has 1 saturated carbocycles. The van der Waals surface area contributed by atoms with E-state index >= 15 is 0 Å². The lowest BCUT2D eigenvalue weighted by molar-refractivity contribution is -0.120. The highest BCUT2D eigenvalue weighted by Crippen LogP contribution is 2.31. The third-order valence-electron chi connectivity index (χ3n) is 6.06. The van der Waals surface area contributed by atoms with Crippen LogP contribution in [0.3, 0.4) is 0 Å². The number of carbonyl (C=O) groups excluding carboxylic acids is 1. The second-order valence-electron chi connectivity index (χ2n) is 8.17. The molecule has 0 radical (unpaired) electrons. The van der Waals surface area contributed by atoms with Crippen LogP contribution in [0.25, 0.3) is 11.5 Å². The summed E-state index contributed by atoms with van der Waals surface area (Å²) >= 11 is 0. The van der Waals surface area contributed by atoms with Crippen molar-refractivity contribution in [1.29, 1.82) is 0 Å². The maximum atomic E-state index is 12.6. The average molecular weight is 396 g/mol. The van der Waals surface area contributed by atoms with Gasteiger partial charge in [-0.3, -0.25) is 9.78 Å². The molecule has 1 amide bonds. The number of ether oxygens (including phenoxy) is 1. The second kappa shape index (κ2) is 8.35. The van der Waals surface area contributed by atoms with Gasteiger partial charge in [-0.25, -0.2) is 9.97 Å². The van der Waals surface area contributed by atoms with E-state index in [0.29, 0.717) is 23.5 Å². The number of carbonyl (C=O) groups is 1. The van der Waals surface area contributed by atoms with Crippen molar-refractivity contribution in [1.82, 2.24) is 20.3 Å². The van der Waals surface area contributed by atoms with Gasteiger partial charge in [0, 0.05) is 36.6 Å². The molecule has 2 aliphatic rings. The zero-order valence-electron chi connectivity index (χ0n) is 17.4. The molecule has 0 saturated heterocycles. The van der Waals surface area contributed by atoms with Gasteiger partial charge in [-0.2, -0.15) is 0 Å². The summed E-state index contributed by atoms with van der Waals surface area (Å²) in [4.78, 5) is 28.6. The highest BCUT2D eigenvalue weighted by Gasteiger charge is 2.27. The molecule has 29 heavy (non-hydrogen) atoms. The summed E-state index contributed by atoms with van der Waals surface area (Å²) in [5.41, 5.74) is 2.89. The SMILES string of the molecule is COc1ccnc(-c2nc3c(c(N(C)CC(=O)N[C@@H]4CCC[C@H]4C)n2)CCC3)c1. The minimum Gasteiger partial charge on any atom is -0.497 e. The number of anilines is 1. The zero-order chi connectivity index (χ0) is 20.4. The van der Waals surface area contributed by atoms with E-state index in [9.17, 15) is 4.79 Å². The molecule has 0 unspecified atom stereocenters. The number of fused-ring (bicyclic) bond motifs is 1. The van der Waals surface area contributed by atoms with Crippen LogP contribution in [0.15, 0.2) is 18.3 Å². The van der Waals surface area contributed by atoms with Crippen LogP contribution >= 0.6 is 0 Å². The van der Waals surface area contributed by atoms with Crippen molar-refractivity contribution in [3.8, 4) is 17.3 Å². The Labute approximate surface area is 171 Å². The fourth-order valence-electron chi connectivity index (χ4n) is 4.41. The molecule has 2 atom stereocenters. The highest BCUT2D eigenvalue weighted by molar-refractivity contribution is 5.81. The molecule has 7 nitrogen and oxygen atoms in total. The molecule has 4 rings (SSSR count). The largest absolute Gasteiger partial charge is 0.497 e. The molecule has 0 aliphatic heterocycles. The van der Waals surface area contributed by atoms with Crippen molar-refractivity contribution in [2.45, 2.75) is 51.5 Å². The normalized spacial score (nSPS) is 20.4. The van der Waals surface area contributed by atoms with Gasteiger partial charge in [-0.05, 0) is 44.1 Å². The lowest BCUT2D eigenvalue weighted by atomic mass is 10.1. The van der Waals surface area contributed by atoms with Crippen molar-refractivity contribution in [3.05, 3.63) is 29.6 Å². The summed E-state index contributed by atoms with van der Waals surface area (Å²) in [6.07, 6.45) is 8.10. The fourth-order valence-corrected chi connectivity index (χ4v) is 4.41. The zero-order valence-corrected chi connectivity index (χ0v) is 17.4. The molecule has 0 bridgehead atoms. The van der Waals surface area contributed by atoms with Gasteiger partial charge >= 0.3 is 0 Å². The summed E-state index contributed by atoms with van der Waals surface area (Å²) in [7, 11) is 3.56. The molecule has 1 N–H and O–H groups in total. The molecular formula is C22H29N5O2. The van der Waals surface area contributed by atoms with Crippen molar-refractivity contribution in [2.75, 3.05) is 25.6 Å². The molecule has 7 heteroatoms. The van der Waals surface area contributed by atoms with Gasteiger partial charge in [0.2, 0.25) is 5.91 Å². The minimum absolute atomic E-state index is 0.0534. The Morgan fingerprint density at radius 1 is 1.28 bits per heavy atom. The van der Waals surface area contributed by atoms with E-state index in [-0.39, 0.29) is 12.5 Å². The number of rotatable bonds is 6. The first-order valence-electron chi connectivity index (χ1n) is 10.5. The highest BCUT2D eigenvalue weighted by atomic mass is 16.5. The number of nitrogens with zero attached hydrogens (tertiary/aromatic N) is 4. The number of amides is 1. The average Bonchev–Trinajstić information content (AvgIpc) is 3.36. The van der Waals surface area contributed by atoms with Crippen LogP contribution < -0.4 is 15.0 Å². The van der Waals surface area contributed by atoms with Gasteiger partial charge in [0.15, 0.2) is 5.82 Å². The van der Waals surface area contributed by atoms with Crippen LogP contribution in [0, 0.1) is 5.92 Å². The van der Waals surface area contributed by atoms with Crippen LogP contribution in [-0.2, 0) is 17.6 Å². The van der Waals surface area contributed by atoms with Crippen LogP contribution in [0.1, 0.15) is 43.9 Å². The van der Waals surface area contributed by atoms with E-state index in [0.717, 1.165) is 48.5 Å². The maximum Gasteiger partial charge on any atom is 0.239 e. The first-order chi connectivity index (χ1) is 14.0. The standard InChI is InChI=1S/C22H29N5O2/c1-14-6-4-8-17(14)24-20(28)13-27(2)22-16-7-5-9-18(16)25-21(26-22)19-12-15(29-3)10-11-23-19/h10-12,14,17H,4-9,13H2,1-3H3,(H,24,28)/t14-,17-/m1/s1. The van der Waals surface area contributed by atoms with Crippen molar-refractivity contribution >= 4 is 11.7 Å². The Bertz CT molecular complexity index is 901. The molecule has 2 aromatic heterocycles. The summed E-state index contributed by atoms with van der Waals surface area (Å²) in [5, 5.41) is 3.21. The molecule has 154 valence electrons. The summed E-state index contributed by atoms with van der Waals surface area (Å²) in [6.45, 7) is 2.50. The van der Waals surface area contributed by atoms with Crippen molar-refractivity contribution in [2.24, 2.45) is 5.92 Å². The van der Waals surface area contributed by atoms with E-state index in [2.05, 4.69) is 17.2 Å². The molecule has 0 spiro atoms. The lowest BCUT2D eigenvalue weighted by Gasteiger charge is -2.23. The predicted octanol–water partition coefficient (Wildman–Crippen LogP) is 2.78. The predicted molar refractivity (Wildman–Crippen MR) is 112 cm³/mol. The van der Waals surface area contributed by atoms with Gasteiger partial charge in [0.05, 0.1) is 13.7 Å². The summed E-state index contributed by atoms with van der Waals surface area (Å²) in [5.74, 6) is 2.74. The number of nitrogens with one attached hydrogen (secondary N) is 1. The third kappa shape index (κ3) is 4.18. The first-order valence-corrected chi connectivity index (χ1v) is 10.5. The summed E-state index contributed by atoms with van der Waals surface area (Å²) in [6, 6.07) is 3.94. The van der Waals surface area contributed by atoms with Crippen LogP contribution in [0.4, 0.5) is 5.82 Å². The number of aryl methyl sites for hydroxylation is 1. The molecular weight excluding hydrogens is 366 g/mol. The fraction of sp³-hybridized carbons (Fsp3) is 0.545. The third-order valence-corrected chi connectivity index (χ3v) is 6.06. The number of pyridine rings is 1. The van der Waals surface area contributed by atoms with Crippen molar-refractivity contribution in [3.63, 3.8) is 0 Å². The van der Waals surface area contributed by atoms with Gasteiger partial charge < -0.3 is 15.0 Å². The summed E-state index contributed by atoms with van der Waals surface area (Å²) < 4.78 is 5.31. The van der Waals surface area contributed by atoms with Gasteiger partial charge in [0.1, 0.15) is 17.3 Å². The quantitative estimate of drug-likeness (QED) is 0.810. The van der Waals surface area contributed by atoms with Crippen molar-refractivity contribution < 1.29 is 9.53 Å². The second-order valence-corrected chi connectivity index (χ2v) is 8.17. The number of aromatic nitrogens is 3. The molecule has 0 aromatic carbocycles. The Morgan fingerprint density at radius 3 is 2.90 bits per heavy atom. The molecule has 1 fully saturated rings. The minimum atomic E-state index is 0.0534. The Kier molecular flexibility index (Phi) is 5.65. The van der Waals surface area contributed by atoms with E-state index in [1.54, 1.807) is 19.4 Å². The molecule has 2 heterocycles. The van der Waals surface area contributed by atoms with E-state index in [1.807, 2.05) is 18.0 Å². The topological polar surface area (TPSA) is 80.2 Å². The number of likely N-dealkylation sites (N-methyl/N-ethyl adjacent to an activating group) is 1. The van der Waals surface area contributed by atoms with E-state index in [4.69, 9.17) is 14.7 Å². The monoisotopic (exact) mass is 395 g/mol. The number of methoxy groups -OCH3 is 1. The van der Waals surface area contributed by atoms with Crippen LogP contribution in [-0.4, -0.2) is 47.6 Å². The van der Waals surface area contributed by atoms with E-state index < -0.39 is 0 Å².